The number of benzene rings is 2. The van der Waals surface area contributed by atoms with Gasteiger partial charge in [-0.15, -0.1) is 17.5 Å². The largest absolute Gasteiger partial charge is 0.490 e. The summed E-state index contributed by atoms with van der Waals surface area (Å²) in [4.78, 5) is 15.9. The zero-order valence-electron chi connectivity index (χ0n) is 26.2. The van der Waals surface area contributed by atoms with Gasteiger partial charge in [0.2, 0.25) is 0 Å². The van der Waals surface area contributed by atoms with Crippen LogP contribution in [0.5, 0.6) is 5.75 Å². The number of aryl methyl sites for hydroxylation is 1. The summed E-state index contributed by atoms with van der Waals surface area (Å²) in [6, 6.07) is 11.6. The maximum absolute atomic E-state index is 13.5. The van der Waals surface area contributed by atoms with Gasteiger partial charge in [-0.05, 0) is 105 Å². The zero-order valence-corrected chi connectivity index (χ0v) is 27.7. The van der Waals surface area contributed by atoms with Crippen LogP contribution in [0.4, 0.5) is 5.69 Å². The highest BCUT2D eigenvalue weighted by Crippen LogP contribution is 2.47. The number of nitrogens with two attached hydrogens (primary N) is 1. The van der Waals surface area contributed by atoms with Crippen molar-refractivity contribution in [2.45, 2.75) is 69.1 Å². The van der Waals surface area contributed by atoms with Gasteiger partial charge in [-0.1, -0.05) is 36.7 Å². The zero-order chi connectivity index (χ0) is 31.6. The first-order chi connectivity index (χ1) is 21.0. The van der Waals surface area contributed by atoms with Gasteiger partial charge in [-0.25, -0.2) is 9.35 Å². The minimum Gasteiger partial charge on any atom is -0.490 e. The number of allylic oxidation sites excluding steroid dienone is 1. The molecule has 7 nitrogen and oxygen atoms in total. The molecule has 0 aromatic heterocycles. The van der Waals surface area contributed by atoms with Crippen molar-refractivity contribution in [3.05, 3.63) is 83.4 Å². The lowest BCUT2D eigenvalue weighted by molar-refractivity contribution is 0.0135. The molecular formula is C35H46ClN3O4S. The third-order valence-corrected chi connectivity index (χ3v) is 12.5. The van der Waals surface area contributed by atoms with Gasteiger partial charge in [0.15, 0.2) is 0 Å². The monoisotopic (exact) mass is 639 g/mol. The van der Waals surface area contributed by atoms with Crippen molar-refractivity contribution in [3.8, 4) is 5.75 Å². The van der Waals surface area contributed by atoms with Crippen LogP contribution in [0, 0.1) is 17.8 Å². The predicted octanol–water partition coefficient (Wildman–Crippen LogP) is 7.12. The number of hydrogen-bond donors (Lipinski definition) is 1. The van der Waals surface area contributed by atoms with Crippen LogP contribution < -0.4 is 14.8 Å². The van der Waals surface area contributed by atoms with Crippen LogP contribution >= 0.6 is 11.6 Å². The van der Waals surface area contributed by atoms with E-state index in [1.807, 2.05) is 31.2 Å². The standard InChI is InChI=1S/C35H46ClN3O4S/c1-6-9-23(3)24(4)44(37,41)38-34(40)26-12-16-33-31(19-26)39(20-27-11-14-29(27)32(7-2)42-5)21-35(22-43-33)17-8-10-25-18-28(36)13-15-30(25)35/h6-7,12-13,15-16,18-19,23-24,27,29,32H,1-2,8-11,14,17,20-22H2,3-5H3,(H2,37,38,40,41)/t23-,24+,27-,29+,32-,35-,44?/m0/s1. The second-order valence-electron chi connectivity index (χ2n) is 12.9. The number of hydrogen-bond acceptors (Lipinski definition) is 5. The Morgan fingerprint density at radius 2 is 2.07 bits per heavy atom. The number of ether oxygens (including phenoxy) is 2. The number of rotatable bonds is 10. The molecule has 2 aliphatic carbocycles. The van der Waals surface area contributed by atoms with Crippen molar-refractivity contribution in [1.82, 2.24) is 0 Å². The quantitative estimate of drug-likeness (QED) is 0.279. The number of methoxy groups -OCH3 is 1. The van der Waals surface area contributed by atoms with Crippen molar-refractivity contribution in [1.29, 1.82) is 0 Å². The van der Waals surface area contributed by atoms with E-state index in [1.54, 1.807) is 26.2 Å². The molecule has 1 heterocycles. The van der Waals surface area contributed by atoms with Crippen molar-refractivity contribution >= 4 is 33.1 Å². The van der Waals surface area contributed by atoms with E-state index >= 15 is 0 Å². The number of anilines is 1. The highest BCUT2D eigenvalue weighted by Gasteiger charge is 2.44. The van der Waals surface area contributed by atoms with E-state index in [0.29, 0.717) is 30.4 Å². The van der Waals surface area contributed by atoms with E-state index in [-0.39, 0.29) is 17.4 Å². The molecule has 2 N–H and O–H groups in total. The Hall–Kier alpha value is -2.65. The van der Waals surface area contributed by atoms with E-state index in [1.165, 1.54) is 11.1 Å². The van der Waals surface area contributed by atoms with Gasteiger partial charge in [0, 0.05) is 36.2 Å². The minimum atomic E-state index is -3.27. The summed E-state index contributed by atoms with van der Waals surface area (Å²) in [5.41, 5.74) is 3.52. The van der Waals surface area contributed by atoms with E-state index < -0.39 is 21.1 Å². The maximum atomic E-state index is 13.5. The number of carbonyl (C=O) groups excluding carboxylic acids is 1. The molecule has 5 rings (SSSR count). The van der Waals surface area contributed by atoms with Gasteiger partial charge in [-0.2, -0.15) is 0 Å². The summed E-state index contributed by atoms with van der Waals surface area (Å²) in [6.45, 7) is 13.5. The van der Waals surface area contributed by atoms with Crippen molar-refractivity contribution in [3.63, 3.8) is 0 Å². The number of carbonyl (C=O) groups is 1. The van der Waals surface area contributed by atoms with E-state index in [4.69, 9.17) is 26.2 Å². The Morgan fingerprint density at radius 1 is 1.27 bits per heavy atom. The molecule has 1 aliphatic heterocycles. The Balaban J connectivity index is 1.52. The van der Waals surface area contributed by atoms with Crippen molar-refractivity contribution in [2.75, 3.05) is 31.7 Å². The van der Waals surface area contributed by atoms with Crippen molar-refractivity contribution in [2.24, 2.45) is 27.3 Å². The van der Waals surface area contributed by atoms with Crippen LogP contribution in [0.15, 0.2) is 66.1 Å². The first-order valence-electron chi connectivity index (χ1n) is 15.7. The number of fused-ring (bicyclic) bond motifs is 3. The Labute approximate surface area is 268 Å². The Morgan fingerprint density at radius 3 is 2.75 bits per heavy atom. The fourth-order valence-corrected chi connectivity index (χ4v) is 8.79. The van der Waals surface area contributed by atoms with Crippen LogP contribution in [0.1, 0.15) is 67.4 Å². The van der Waals surface area contributed by atoms with Crippen LogP contribution in [-0.2, 0) is 26.5 Å². The van der Waals surface area contributed by atoms with Gasteiger partial charge in [-0.3, -0.25) is 4.79 Å². The molecule has 2 aromatic carbocycles. The molecule has 1 fully saturated rings. The smallest absolute Gasteiger partial charge is 0.286 e. The third kappa shape index (κ3) is 6.50. The summed E-state index contributed by atoms with van der Waals surface area (Å²) < 4.78 is 29.8. The highest BCUT2D eigenvalue weighted by molar-refractivity contribution is 7.92. The molecule has 7 atom stereocenters. The van der Waals surface area contributed by atoms with Crippen molar-refractivity contribution < 1.29 is 18.5 Å². The normalized spacial score (nSPS) is 26.0. The second kappa shape index (κ2) is 13.4. The van der Waals surface area contributed by atoms with E-state index in [0.717, 1.165) is 61.7 Å². The van der Waals surface area contributed by atoms with Gasteiger partial charge in [0.25, 0.3) is 5.91 Å². The fraction of sp³-hybridized carbons (Fsp3) is 0.514. The van der Waals surface area contributed by atoms with E-state index in [2.05, 4.69) is 34.6 Å². The Kier molecular flexibility index (Phi) is 9.95. The molecule has 9 heteroatoms. The molecule has 3 aliphatic rings. The van der Waals surface area contributed by atoms with Crippen LogP contribution in [0.25, 0.3) is 0 Å². The molecular weight excluding hydrogens is 594 g/mol. The Bertz CT molecular complexity index is 1540. The summed E-state index contributed by atoms with van der Waals surface area (Å²) >= 11 is 6.42. The lowest BCUT2D eigenvalue weighted by Gasteiger charge is -2.46. The van der Waals surface area contributed by atoms with Gasteiger partial charge >= 0.3 is 0 Å². The molecule has 1 spiro atoms. The van der Waals surface area contributed by atoms with Crippen LogP contribution in [-0.4, -0.2) is 48.3 Å². The second-order valence-corrected chi connectivity index (χ2v) is 15.5. The molecule has 238 valence electrons. The molecule has 1 saturated carbocycles. The first-order valence-corrected chi connectivity index (χ1v) is 17.7. The third-order valence-electron chi connectivity index (χ3n) is 10.2. The van der Waals surface area contributed by atoms with E-state index in [9.17, 15) is 9.00 Å². The SMILES string of the molecule is C=CC[C@H](C)[C@@H](C)S(N)(=O)=NC(=O)c1ccc2c(c1)N(C[C@@H]1CC[C@H]1[C@H](C=C)OC)C[C@@]1(CCCc3cc(Cl)ccc31)CO2. The molecule has 0 bridgehead atoms. The number of halogens is 1. The lowest BCUT2D eigenvalue weighted by Crippen LogP contribution is -2.49. The predicted molar refractivity (Wildman–Crippen MR) is 180 cm³/mol. The van der Waals surface area contributed by atoms with Gasteiger partial charge < -0.3 is 14.4 Å². The highest BCUT2D eigenvalue weighted by atomic mass is 35.5. The number of amides is 1. The number of nitrogens with zero attached hydrogens (tertiary/aromatic N) is 2. The topological polar surface area (TPSA) is 94.2 Å². The molecule has 2 aromatic rings. The summed E-state index contributed by atoms with van der Waals surface area (Å²) in [5, 5.41) is 6.45. The molecule has 0 radical (unpaired) electrons. The molecule has 44 heavy (non-hydrogen) atoms. The fourth-order valence-electron chi connectivity index (χ4n) is 7.28. The molecule has 1 amide bonds. The minimum absolute atomic E-state index is 0.00199. The van der Waals surface area contributed by atoms with Gasteiger partial charge in [0.05, 0.1) is 23.6 Å². The van der Waals surface area contributed by atoms with Gasteiger partial charge in [0.1, 0.15) is 15.7 Å². The average Bonchev–Trinajstić information content (AvgIpc) is 3.14. The summed E-state index contributed by atoms with van der Waals surface area (Å²) in [6.07, 6.45) is 9.51. The summed E-state index contributed by atoms with van der Waals surface area (Å²) in [5.74, 6) is 0.891. The van der Waals surface area contributed by atoms with Crippen LogP contribution in [0.3, 0.4) is 0 Å². The average molecular weight is 640 g/mol. The molecule has 0 saturated heterocycles. The van der Waals surface area contributed by atoms with Crippen LogP contribution in [0.2, 0.25) is 5.02 Å². The molecule has 1 unspecified atom stereocenters. The first kappa shape index (κ1) is 32.7. The lowest BCUT2D eigenvalue weighted by atomic mass is 9.68. The maximum Gasteiger partial charge on any atom is 0.286 e. The summed E-state index contributed by atoms with van der Waals surface area (Å²) in [7, 11) is -1.53.